The molecule has 0 atom stereocenters. The van der Waals surface area contributed by atoms with Gasteiger partial charge in [0.2, 0.25) is 0 Å². The predicted octanol–water partition coefficient (Wildman–Crippen LogP) is 4.15. The molecule has 0 unspecified atom stereocenters. The van der Waals surface area contributed by atoms with E-state index in [1.54, 1.807) is 0 Å². The van der Waals surface area contributed by atoms with Crippen molar-refractivity contribution in [3.8, 4) is 0 Å². The normalized spacial score (nSPS) is 11.1. The van der Waals surface area contributed by atoms with Crippen molar-refractivity contribution in [1.29, 1.82) is 0 Å². The van der Waals surface area contributed by atoms with E-state index >= 15 is 0 Å². The molecule has 0 spiro atoms. The van der Waals surface area contributed by atoms with Gasteiger partial charge in [0.05, 0.1) is 0 Å². The summed E-state index contributed by atoms with van der Waals surface area (Å²) in [5.74, 6) is 0. The van der Waals surface area contributed by atoms with E-state index in [2.05, 4.69) is 53.8 Å². The largest absolute Gasteiger partial charge is 0.347 e. The van der Waals surface area contributed by atoms with Gasteiger partial charge in [-0.1, -0.05) is 31.2 Å². The molecule has 0 fully saturated rings. The van der Waals surface area contributed by atoms with Gasteiger partial charge in [-0.15, -0.1) is 6.58 Å². The highest BCUT2D eigenvalue weighted by Gasteiger charge is 2.07. The van der Waals surface area contributed by atoms with Crippen LogP contribution in [0, 0.1) is 0 Å². The number of unbranched alkanes of at least 4 members (excludes halogenated alkanes) is 1. The molecule has 2 aromatic rings. The van der Waals surface area contributed by atoms with Gasteiger partial charge in [0.25, 0.3) is 0 Å². The van der Waals surface area contributed by atoms with Gasteiger partial charge in [-0.05, 0) is 50.4 Å². The summed E-state index contributed by atoms with van der Waals surface area (Å²) in [7, 11) is 0. The van der Waals surface area contributed by atoms with E-state index in [9.17, 15) is 0 Å². The molecular weight excluding hydrogens is 244 g/mol. The van der Waals surface area contributed by atoms with E-state index in [0.29, 0.717) is 0 Å². The minimum absolute atomic E-state index is 1.06. The molecule has 0 radical (unpaired) electrons. The molecule has 0 aliphatic rings. The first-order valence-electron chi connectivity index (χ1n) is 7.75. The molecule has 1 aromatic heterocycles. The van der Waals surface area contributed by atoms with Crippen LogP contribution >= 0.6 is 0 Å². The molecule has 0 amide bonds. The van der Waals surface area contributed by atoms with E-state index < -0.39 is 0 Å². The second-order valence-electron chi connectivity index (χ2n) is 5.25. The highest BCUT2D eigenvalue weighted by Crippen LogP contribution is 2.23. The van der Waals surface area contributed by atoms with E-state index in [1.165, 1.54) is 29.3 Å². The summed E-state index contributed by atoms with van der Waals surface area (Å²) in [5, 5.41) is 4.82. The lowest BCUT2D eigenvalue weighted by atomic mass is 10.1. The summed E-state index contributed by atoms with van der Waals surface area (Å²) in [6.07, 6.45) is 8.96. The maximum atomic E-state index is 3.80. The molecular formula is C18H26N2. The first-order valence-corrected chi connectivity index (χ1v) is 7.75. The predicted molar refractivity (Wildman–Crippen MR) is 88.2 cm³/mol. The first kappa shape index (κ1) is 14.9. The van der Waals surface area contributed by atoms with Crippen LogP contribution in [0.15, 0.2) is 43.1 Å². The van der Waals surface area contributed by atoms with Crippen molar-refractivity contribution in [2.24, 2.45) is 0 Å². The van der Waals surface area contributed by atoms with Crippen LogP contribution in [0.4, 0.5) is 0 Å². The standard InChI is InChI=1S/C18H26N2/c1-3-5-8-14-20-15-16(10-9-13-19-4-2)17-11-6-7-12-18(17)20/h3,6-7,11-12,15,19H,1,4-5,8-10,13-14H2,2H3. The fourth-order valence-corrected chi connectivity index (χ4v) is 2.69. The average Bonchev–Trinajstić information content (AvgIpc) is 2.83. The summed E-state index contributed by atoms with van der Waals surface area (Å²) in [5.41, 5.74) is 2.85. The maximum Gasteiger partial charge on any atom is 0.0483 e. The van der Waals surface area contributed by atoms with Gasteiger partial charge in [0.15, 0.2) is 0 Å². The zero-order valence-electron chi connectivity index (χ0n) is 12.6. The fourth-order valence-electron chi connectivity index (χ4n) is 2.69. The smallest absolute Gasteiger partial charge is 0.0483 e. The van der Waals surface area contributed by atoms with Gasteiger partial charge in [-0.25, -0.2) is 0 Å². The molecule has 0 aliphatic carbocycles. The van der Waals surface area contributed by atoms with E-state index in [0.717, 1.165) is 32.5 Å². The van der Waals surface area contributed by atoms with Crippen molar-refractivity contribution in [2.75, 3.05) is 13.1 Å². The van der Waals surface area contributed by atoms with E-state index in [-0.39, 0.29) is 0 Å². The van der Waals surface area contributed by atoms with Crippen molar-refractivity contribution < 1.29 is 0 Å². The maximum absolute atomic E-state index is 3.80. The first-order chi connectivity index (χ1) is 9.86. The van der Waals surface area contributed by atoms with Crippen LogP contribution in [0.3, 0.4) is 0 Å². The van der Waals surface area contributed by atoms with Gasteiger partial charge in [-0.2, -0.15) is 0 Å². The number of hydrogen-bond acceptors (Lipinski definition) is 1. The Morgan fingerprint density at radius 1 is 1.25 bits per heavy atom. The molecule has 0 bridgehead atoms. The Hall–Kier alpha value is -1.54. The van der Waals surface area contributed by atoms with Gasteiger partial charge < -0.3 is 9.88 Å². The zero-order valence-corrected chi connectivity index (χ0v) is 12.6. The summed E-state index contributed by atoms with van der Waals surface area (Å²) in [6, 6.07) is 8.76. The SMILES string of the molecule is C=CCCCn1cc(CCCNCC)c2ccccc21. The average molecular weight is 270 g/mol. The van der Waals surface area contributed by atoms with Crippen LogP contribution in [0.25, 0.3) is 10.9 Å². The molecule has 20 heavy (non-hydrogen) atoms. The van der Waals surface area contributed by atoms with Gasteiger partial charge in [0, 0.05) is 23.6 Å². The molecule has 0 aliphatic heterocycles. The van der Waals surface area contributed by atoms with Crippen molar-refractivity contribution >= 4 is 10.9 Å². The molecule has 0 saturated heterocycles. The number of aryl methyl sites for hydroxylation is 2. The van der Waals surface area contributed by atoms with Gasteiger partial charge in [0.1, 0.15) is 0 Å². The fraction of sp³-hybridized carbons (Fsp3) is 0.444. The Labute approximate surface area is 122 Å². The molecule has 2 nitrogen and oxygen atoms in total. The van der Waals surface area contributed by atoms with Gasteiger partial charge in [-0.3, -0.25) is 0 Å². The highest BCUT2D eigenvalue weighted by atomic mass is 15.0. The Balaban J connectivity index is 2.10. The number of nitrogens with one attached hydrogen (secondary N) is 1. The number of rotatable bonds is 9. The topological polar surface area (TPSA) is 17.0 Å². The van der Waals surface area contributed by atoms with Gasteiger partial charge >= 0.3 is 0 Å². The lowest BCUT2D eigenvalue weighted by molar-refractivity contribution is 0.658. The van der Waals surface area contributed by atoms with Crippen LogP contribution < -0.4 is 5.32 Å². The van der Waals surface area contributed by atoms with Crippen LogP contribution in [0.1, 0.15) is 31.7 Å². The minimum Gasteiger partial charge on any atom is -0.347 e. The molecule has 1 aromatic carbocycles. The number of aromatic nitrogens is 1. The number of benzene rings is 1. The zero-order chi connectivity index (χ0) is 14.2. The second-order valence-corrected chi connectivity index (χ2v) is 5.25. The van der Waals surface area contributed by atoms with Crippen molar-refractivity contribution in [3.05, 3.63) is 48.7 Å². The second kappa shape index (κ2) is 7.91. The summed E-state index contributed by atoms with van der Waals surface area (Å²) in [4.78, 5) is 0. The molecule has 2 heteroatoms. The van der Waals surface area contributed by atoms with Crippen molar-refractivity contribution in [3.63, 3.8) is 0 Å². The summed E-state index contributed by atoms with van der Waals surface area (Å²) in [6.45, 7) is 9.20. The van der Waals surface area contributed by atoms with Crippen LogP contribution in [0.2, 0.25) is 0 Å². The number of allylic oxidation sites excluding steroid dienone is 1. The molecule has 2 rings (SSSR count). The molecule has 1 heterocycles. The third kappa shape index (κ3) is 3.73. The van der Waals surface area contributed by atoms with E-state index in [1.807, 2.05) is 6.08 Å². The van der Waals surface area contributed by atoms with Crippen molar-refractivity contribution in [1.82, 2.24) is 9.88 Å². The van der Waals surface area contributed by atoms with Crippen molar-refractivity contribution in [2.45, 2.75) is 39.2 Å². The lowest BCUT2D eigenvalue weighted by Gasteiger charge is -2.03. The quantitative estimate of drug-likeness (QED) is 0.535. The Bertz CT molecular complexity index is 539. The minimum atomic E-state index is 1.06. The number of hydrogen-bond donors (Lipinski definition) is 1. The third-order valence-corrected chi connectivity index (χ3v) is 3.73. The van der Waals surface area contributed by atoms with E-state index in [4.69, 9.17) is 0 Å². The molecule has 0 saturated carbocycles. The highest BCUT2D eigenvalue weighted by molar-refractivity contribution is 5.83. The molecule has 108 valence electrons. The van der Waals surface area contributed by atoms with Crippen LogP contribution in [-0.4, -0.2) is 17.7 Å². The lowest BCUT2D eigenvalue weighted by Crippen LogP contribution is -2.14. The third-order valence-electron chi connectivity index (χ3n) is 3.73. The molecule has 1 N–H and O–H groups in total. The summed E-state index contributed by atoms with van der Waals surface area (Å²) >= 11 is 0. The summed E-state index contributed by atoms with van der Waals surface area (Å²) < 4.78 is 2.40. The van der Waals surface area contributed by atoms with Crippen LogP contribution in [0.5, 0.6) is 0 Å². The van der Waals surface area contributed by atoms with Crippen LogP contribution in [-0.2, 0) is 13.0 Å². The Morgan fingerprint density at radius 3 is 2.90 bits per heavy atom. The Morgan fingerprint density at radius 2 is 2.10 bits per heavy atom. The number of nitrogens with zero attached hydrogens (tertiary/aromatic N) is 1. The number of para-hydroxylation sites is 1. The Kier molecular flexibility index (Phi) is 5.87. The number of fused-ring (bicyclic) bond motifs is 1. The monoisotopic (exact) mass is 270 g/mol.